The third kappa shape index (κ3) is 5.69. The minimum atomic E-state index is -0.0431. The van der Waals surface area contributed by atoms with E-state index >= 15 is 0 Å². The molecule has 6 nitrogen and oxygen atoms in total. The maximum atomic E-state index is 12.7. The highest BCUT2D eigenvalue weighted by atomic mass is 35.5. The van der Waals surface area contributed by atoms with Crippen molar-refractivity contribution in [3.63, 3.8) is 0 Å². The number of aryl methyl sites for hydroxylation is 2. The Hall–Kier alpha value is -2.83. The molecule has 1 N–H and O–H groups in total. The number of nitrogens with zero attached hydrogens (tertiary/aromatic N) is 2. The summed E-state index contributed by atoms with van der Waals surface area (Å²) < 4.78 is 11.0. The van der Waals surface area contributed by atoms with Crippen molar-refractivity contribution in [2.75, 3.05) is 13.1 Å². The van der Waals surface area contributed by atoms with Gasteiger partial charge in [0.25, 0.3) is 5.91 Å². The summed E-state index contributed by atoms with van der Waals surface area (Å²) >= 11 is 5.96. The average molecular weight is 454 g/mol. The normalized spacial score (nSPS) is 15.0. The van der Waals surface area contributed by atoms with E-state index in [2.05, 4.69) is 27.5 Å². The molecule has 0 spiro atoms. The minimum Gasteiger partial charge on any atom is -0.489 e. The topological polar surface area (TPSA) is 67.6 Å². The van der Waals surface area contributed by atoms with Gasteiger partial charge in [-0.25, -0.2) is 0 Å². The molecule has 32 heavy (non-hydrogen) atoms. The van der Waals surface area contributed by atoms with E-state index in [-0.39, 0.29) is 11.9 Å². The number of carbonyl (C=O) groups excluding carboxylic acids is 1. The highest BCUT2D eigenvalue weighted by Gasteiger charge is 2.21. The van der Waals surface area contributed by atoms with Crippen molar-refractivity contribution >= 4 is 17.5 Å². The van der Waals surface area contributed by atoms with E-state index in [0.717, 1.165) is 54.5 Å². The first-order chi connectivity index (χ1) is 15.5. The molecule has 1 saturated heterocycles. The Morgan fingerprint density at radius 1 is 1.12 bits per heavy atom. The number of halogens is 1. The quantitative estimate of drug-likeness (QED) is 0.550. The molecule has 2 aromatic carbocycles. The molecule has 0 saturated carbocycles. The number of ether oxygens (including phenoxy) is 1. The second-order valence-electron chi connectivity index (χ2n) is 8.27. The number of benzene rings is 2. The fraction of sp³-hybridized carbons (Fsp3) is 0.360. The van der Waals surface area contributed by atoms with Crippen LogP contribution in [0.15, 0.2) is 53.1 Å². The predicted octanol–water partition coefficient (Wildman–Crippen LogP) is 4.92. The zero-order valence-corrected chi connectivity index (χ0v) is 19.2. The average Bonchev–Trinajstić information content (AvgIpc) is 3.12. The Balaban J connectivity index is 1.23. The third-order valence-electron chi connectivity index (χ3n) is 5.92. The van der Waals surface area contributed by atoms with Gasteiger partial charge in [0.15, 0.2) is 0 Å². The number of likely N-dealkylation sites (tertiary alicyclic amines) is 1. The fourth-order valence-corrected chi connectivity index (χ4v) is 4.04. The van der Waals surface area contributed by atoms with Crippen molar-refractivity contribution < 1.29 is 14.1 Å². The van der Waals surface area contributed by atoms with Gasteiger partial charge in [0.2, 0.25) is 0 Å². The van der Waals surface area contributed by atoms with Crippen molar-refractivity contribution in [3.8, 4) is 5.75 Å². The lowest BCUT2D eigenvalue weighted by Crippen LogP contribution is -2.44. The summed E-state index contributed by atoms with van der Waals surface area (Å²) in [5, 5.41) is 7.86. The summed E-state index contributed by atoms with van der Waals surface area (Å²) in [5.74, 6) is 1.42. The van der Waals surface area contributed by atoms with Gasteiger partial charge in [-0.2, -0.15) is 0 Å². The molecule has 0 radical (unpaired) electrons. The molecule has 1 aromatic heterocycles. The number of aromatic nitrogens is 1. The second-order valence-corrected chi connectivity index (χ2v) is 8.70. The SMILES string of the molecule is Cc1noc(C)c1COc1ccc(C(=O)NC2CCN(Cc3ccc(Cl)cc3)CC2)cc1. The molecular weight excluding hydrogens is 426 g/mol. The molecule has 7 heteroatoms. The van der Waals surface area contributed by atoms with Crippen molar-refractivity contribution in [1.29, 1.82) is 0 Å². The van der Waals surface area contributed by atoms with Crippen molar-refractivity contribution in [2.45, 2.75) is 45.9 Å². The number of hydrogen-bond donors (Lipinski definition) is 1. The monoisotopic (exact) mass is 453 g/mol. The summed E-state index contributed by atoms with van der Waals surface area (Å²) in [7, 11) is 0. The van der Waals surface area contributed by atoms with Gasteiger partial charge in [0.1, 0.15) is 18.1 Å². The summed E-state index contributed by atoms with van der Waals surface area (Å²) in [4.78, 5) is 15.1. The fourth-order valence-electron chi connectivity index (χ4n) is 3.92. The Labute approximate surface area is 193 Å². The summed E-state index contributed by atoms with van der Waals surface area (Å²) in [6.45, 7) is 6.98. The number of amides is 1. The van der Waals surface area contributed by atoms with Crippen LogP contribution in [0.5, 0.6) is 5.75 Å². The van der Waals surface area contributed by atoms with Crippen LogP contribution in [0.25, 0.3) is 0 Å². The van der Waals surface area contributed by atoms with Crippen LogP contribution < -0.4 is 10.1 Å². The van der Waals surface area contributed by atoms with Gasteiger partial charge in [-0.15, -0.1) is 0 Å². The first kappa shape index (κ1) is 22.4. The van der Waals surface area contributed by atoms with E-state index in [1.807, 2.05) is 38.1 Å². The molecule has 0 aliphatic carbocycles. The molecule has 1 amide bonds. The van der Waals surface area contributed by atoms with Gasteiger partial charge in [0, 0.05) is 36.3 Å². The second kappa shape index (κ2) is 10.2. The van der Waals surface area contributed by atoms with E-state index < -0.39 is 0 Å². The first-order valence-corrected chi connectivity index (χ1v) is 11.3. The van der Waals surface area contributed by atoms with Crippen molar-refractivity contribution in [3.05, 3.63) is 81.7 Å². The number of rotatable bonds is 7. The Kier molecular flexibility index (Phi) is 7.12. The van der Waals surface area contributed by atoms with E-state index in [1.54, 1.807) is 12.1 Å². The standard InChI is InChI=1S/C25H28ClN3O3/c1-17-24(18(2)32-28-17)16-31-23-9-5-20(6-10-23)25(30)27-22-11-13-29(14-12-22)15-19-3-7-21(26)8-4-19/h3-10,22H,11-16H2,1-2H3,(H,27,30). The number of hydrogen-bond acceptors (Lipinski definition) is 5. The molecule has 0 atom stereocenters. The van der Waals surface area contributed by atoms with E-state index in [1.165, 1.54) is 5.56 Å². The van der Waals surface area contributed by atoms with Crippen LogP contribution in [-0.2, 0) is 13.2 Å². The molecule has 1 aliphatic heterocycles. The Bertz CT molecular complexity index is 1020. The number of carbonyl (C=O) groups is 1. The lowest BCUT2D eigenvalue weighted by molar-refractivity contribution is 0.0909. The molecule has 2 heterocycles. The van der Waals surface area contributed by atoms with E-state index in [9.17, 15) is 4.79 Å². The lowest BCUT2D eigenvalue weighted by atomic mass is 10.0. The molecule has 4 rings (SSSR count). The van der Waals surface area contributed by atoms with Crippen molar-refractivity contribution in [1.82, 2.24) is 15.4 Å². The molecule has 168 valence electrons. The van der Waals surface area contributed by atoms with Gasteiger partial charge in [0.05, 0.1) is 11.3 Å². The van der Waals surface area contributed by atoms with Crippen LogP contribution in [0, 0.1) is 13.8 Å². The summed E-state index contributed by atoms with van der Waals surface area (Å²) in [6.07, 6.45) is 1.88. The highest BCUT2D eigenvalue weighted by Crippen LogP contribution is 2.19. The number of piperidine rings is 1. The van der Waals surface area contributed by atoms with E-state index in [4.69, 9.17) is 20.9 Å². The van der Waals surface area contributed by atoms with Crippen molar-refractivity contribution in [2.24, 2.45) is 0 Å². The Morgan fingerprint density at radius 2 is 1.81 bits per heavy atom. The zero-order chi connectivity index (χ0) is 22.5. The first-order valence-electron chi connectivity index (χ1n) is 10.9. The summed E-state index contributed by atoms with van der Waals surface area (Å²) in [6, 6.07) is 15.4. The molecule has 0 bridgehead atoms. The third-order valence-corrected chi connectivity index (χ3v) is 6.18. The minimum absolute atomic E-state index is 0.0431. The van der Waals surface area contributed by atoms with Gasteiger partial charge in [-0.05, 0) is 68.7 Å². The molecular formula is C25H28ClN3O3. The molecule has 1 aliphatic rings. The van der Waals surface area contributed by atoms with Gasteiger partial charge in [-0.1, -0.05) is 28.9 Å². The van der Waals surface area contributed by atoms with Crippen LogP contribution in [0.4, 0.5) is 0 Å². The zero-order valence-electron chi connectivity index (χ0n) is 18.4. The number of nitrogens with one attached hydrogen (secondary N) is 1. The Morgan fingerprint density at radius 3 is 2.44 bits per heavy atom. The van der Waals surface area contributed by atoms with Gasteiger partial charge < -0.3 is 14.6 Å². The van der Waals surface area contributed by atoms with Crippen LogP contribution in [-0.4, -0.2) is 35.1 Å². The lowest BCUT2D eigenvalue weighted by Gasteiger charge is -2.32. The van der Waals surface area contributed by atoms with E-state index in [0.29, 0.717) is 17.9 Å². The van der Waals surface area contributed by atoms with Gasteiger partial charge >= 0.3 is 0 Å². The van der Waals surface area contributed by atoms with Crippen LogP contribution >= 0.6 is 11.6 Å². The smallest absolute Gasteiger partial charge is 0.251 e. The predicted molar refractivity (Wildman–Crippen MR) is 124 cm³/mol. The largest absolute Gasteiger partial charge is 0.489 e. The molecule has 0 unspecified atom stereocenters. The maximum Gasteiger partial charge on any atom is 0.251 e. The van der Waals surface area contributed by atoms with Crippen LogP contribution in [0.1, 0.15) is 45.8 Å². The molecule has 1 fully saturated rings. The highest BCUT2D eigenvalue weighted by molar-refractivity contribution is 6.30. The van der Waals surface area contributed by atoms with Crippen LogP contribution in [0.3, 0.4) is 0 Å². The summed E-state index contributed by atoms with van der Waals surface area (Å²) in [5.41, 5.74) is 3.68. The maximum absolute atomic E-state index is 12.7. The van der Waals surface area contributed by atoms with Gasteiger partial charge in [-0.3, -0.25) is 9.69 Å². The molecule has 3 aromatic rings. The van der Waals surface area contributed by atoms with Crippen LogP contribution in [0.2, 0.25) is 5.02 Å².